The first-order valence-corrected chi connectivity index (χ1v) is 7.00. The fourth-order valence-electron chi connectivity index (χ4n) is 1.24. The summed E-state index contributed by atoms with van der Waals surface area (Å²) in [4.78, 5) is 6.66. The molecule has 0 amide bonds. The lowest BCUT2D eigenvalue weighted by Crippen LogP contribution is -1.92. The Bertz CT molecular complexity index is 523. The number of thioether (sulfide) groups is 1. The maximum absolute atomic E-state index is 5.34. The fraction of sp³-hybridized carbons (Fsp3) is 0.154. The highest BCUT2D eigenvalue weighted by atomic mass is 32.2. The number of pyridine rings is 1. The zero-order chi connectivity index (χ0) is 11.9. The van der Waals surface area contributed by atoms with Gasteiger partial charge in [0.25, 0.3) is 0 Å². The number of nitrogens with zero attached hydrogens (tertiary/aromatic N) is 1. The van der Waals surface area contributed by atoms with Crippen LogP contribution in [-0.2, 0) is 5.75 Å². The van der Waals surface area contributed by atoms with E-state index in [0.717, 1.165) is 15.7 Å². The number of aromatic nitrogens is 1. The topological polar surface area (TPSA) is 38.9 Å². The van der Waals surface area contributed by atoms with Crippen molar-refractivity contribution in [1.82, 2.24) is 4.98 Å². The molecule has 0 unspecified atom stereocenters. The predicted octanol–water partition coefficient (Wildman–Crippen LogP) is 2.75. The Labute approximate surface area is 109 Å². The van der Waals surface area contributed by atoms with Crippen LogP contribution < -0.4 is 5.73 Å². The van der Waals surface area contributed by atoms with E-state index in [0.29, 0.717) is 6.54 Å². The molecule has 2 N–H and O–H groups in total. The van der Waals surface area contributed by atoms with Crippen LogP contribution in [0, 0.1) is 11.8 Å². The van der Waals surface area contributed by atoms with E-state index in [4.69, 9.17) is 5.73 Å². The minimum absolute atomic E-state index is 0.413. The molecule has 17 heavy (non-hydrogen) atoms. The zero-order valence-electron chi connectivity index (χ0n) is 9.22. The number of hydrogen-bond donors (Lipinski definition) is 1. The standard InChI is InChI=1S/C13H12N2S2/c14-8-3-4-11-6-7-12(17-11)10-16-13-5-1-2-9-15-13/h1-2,5-7,9H,8,10,14H2. The van der Waals surface area contributed by atoms with Crippen molar-refractivity contribution in [3.05, 3.63) is 46.3 Å². The van der Waals surface area contributed by atoms with Crippen molar-refractivity contribution in [3.63, 3.8) is 0 Å². The first kappa shape index (κ1) is 12.2. The van der Waals surface area contributed by atoms with E-state index >= 15 is 0 Å². The number of nitrogens with two attached hydrogens (primary N) is 1. The molecule has 0 radical (unpaired) electrons. The number of thiophene rings is 1. The summed E-state index contributed by atoms with van der Waals surface area (Å²) in [6.45, 7) is 0.413. The minimum Gasteiger partial charge on any atom is -0.320 e. The van der Waals surface area contributed by atoms with Gasteiger partial charge in [-0.25, -0.2) is 4.98 Å². The number of hydrogen-bond acceptors (Lipinski definition) is 4. The lowest BCUT2D eigenvalue weighted by Gasteiger charge is -1.96. The maximum Gasteiger partial charge on any atom is 0.0963 e. The molecule has 0 spiro atoms. The van der Waals surface area contributed by atoms with Crippen molar-refractivity contribution in [2.24, 2.45) is 5.73 Å². The van der Waals surface area contributed by atoms with E-state index in [-0.39, 0.29) is 0 Å². The molecule has 0 atom stereocenters. The quantitative estimate of drug-likeness (QED) is 0.681. The van der Waals surface area contributed by atoms with Gasteiger partial charge >= 0.3 is 0 Å². The maximum atomic E-state index is 5.34. The van der Waals surface area contributed by atoms with Crippen LogP contribution in [0.4, 0.5) is 0 Å². The van der Waals surface area contributed by atoms with Crippen molar-refractivity contribution < 1.29 is 0 Å². The van der Waals surface area contributed by atoms with E-state index in [1.165, 1.54) is 4.88 Å². The van der Waals surface area contributed by atoms with Gasteiger partial charge in [-0.3, -0.25) is 0 Å². The van der Waals surface area contributed by atoms with Crippen LogP contribution in [0.25, 0.3) is 0 Å². The Morgan fingerprint density at radius 2 is 2.24 bits per heavy atom. The second-order valence-electron chi connectivity index (χ2n) is 3.23. The molecule has 0 aliphatic rings. The molecule has 86 valence electrons. The third kappa shape index (κ3) is 3.90. The van der Waals surface area contributed by atoms with Gasteiger partial charge in [-0.2, -0.15) is 0 Å². The number of rotatable bonds is 3. The zero-order valence-corrected chi connectivity index (χ0v) is 10.9. The Morgan fingerprint density at radius 1 is 1.29 bits per heavy atom. The monoisotopic (exact) mass is 260 g/mol. The summed E-state index contributed by atoms with van der Waals surface area (Å²) < 4.78 is 0. The lowest BCUT2D eigenvalue weighted by atomic mass is 10.4. The summed E-state index contributed by atoms with van der Waals surface area (Å²) in [5, 5.41) is 1.05. The van der Waals surface area contributed by atoms with E-state index in [1.807, 2.05) is 30.5 Å². The Kier molecular flexibility index (Phi) is 4.63. The average Bonchev–Trinajstić information content (AvgIpc) is 2.83. The third-order valence-corrected chi connectivity index (χ3v) is 4.15. The van der Waals surface area contributed by atoms with Crippen LogP contribution >= 0.6 is 23.1 Å². The van der Waals surface area contributed by atoms with Crippen LogP contribution in [-0.4, -0.2) is 11.5 Å². The summed E-state index contributed by atoms with van der Waals surface area (Å²) in [5.41, 5.74) is 5.34. The van der Waals surface area contributed by atoms with Gasteiger partial charge in [0, 0.05) is 16.8 Å². The fourth-order valence-corrected chi connectivity index (χ4v) is 3.03. The van der Waals surface area contributed by atoms with Gasteiger partial charge in [0.1, 0.15) is 0 Å². The summed E-state index contributed by atoms with van der Waals surface area (Å²) >= 11 is 3.45. The summed E-state index contributed by atoms with van der Waals surface area (Å²) in [7, 11) is 0. The highest BCUT2D eigenvalue weighted by Gasteiger charge is 2.00. The average molecular weight is 260 g/mol. The van der Waals surface area contributed by atoms with Crippen LogP contribution in [0.2, 0.25) is 0 Å². The molecule has 4 heteroatoms. The lowest BCUT2D eigenvalue weighted by molar-refractivity contribution is 1.13. The first-order chi connectivity index (χ1) is 8.38. The Balaban J connectivity index is 1.94. The highest BCUT2D eigenvalue weighted by molar-refractivity contribution is 7.98. The van der Waals surface area contributed by atoms with E-state index in [9.17, 15) is 0 Å². The van der Waals surface area contributed by atoms with Crippen LogP contribution in [0.3, 0.4) is 0 Å². The third-order valence-electron chi connectivity index (χ3n) is 1.98. The van der Waals surface area contributed by atoms with Crippen molar-refractivity contribution >= 4 is 23.1 Å². The van der Waals surface area contributed by atoms with Gasteiger partial charge in [-0.15, -0.1) is 23.1 Å². The first-order valence-electron chi connectivity index (χ1n) is 5.20. The van der Waals surface area contributed by atoms with Gasteiger partial charge < -0.3 is 5.73 Å². The van der Waals surface area contributed by atoms with Gasteiger partial charge in [0.05, 0.1) is 16.4 Å². The van der Waals surface area contributed by atoms with Crippen molar-refractivity contribution in [3.8, 4) is 11.8 Å². The van der Waals surface area contributed by atoms with Crippen molar-refractivity contribution in [2.45, 2.75) is 10.8 Å². The smallest absolute Gasteiger partial charge is 0.0963 e. The van der Waals surface area contributed by atoms with Crippen LogP contribution in [0.5, 0.6) is 0 Å². The molecule has 2 aromatic heterocycles. The highest BCUT2D eigenvalue weighted by Crippen LogP contribution is 2.25. The molecule has 2 rings (SSSR count). The molecule has 0 aromatic carbocycles. The molecule has 0 bridgehead atoms. The van der Waals surface area contributed by atoms with Gasteiger partial charge in [0.15, 0.2) is 0 Å². The van der Waals surface area contributed by atoms with E-state index in [2.05, 4.69) is 22.9 Å². The van der Waals surface area contributed by atoms with Gasteiger partial charge in [-0.1, -0.05) is 17.9 Å². The van der Waals surface area contributed by atoms with Gasteiger partial charge in [0.2, 0.25) is 0 Å². The molecule has 2 aromatic rings. The van der Waals surface area contributed by atoms with Crippen LogP contribution in [0.15, 0.2) is 41.6 Å². The SMILES string of the molecule is NCC#Cc1ccc(CSc2ccccn2)s1. The van der Waals surface area contributed by atoms with Crippen LogP contribution in [0.1, 0.15) is 9.75 Å². The summed E-state index contributed by atoms with van der Waals surface area (Å²) in [5.74, 6) is 6.84. The molecular formula is C13H12N2S2. The molecule has 2 nitrogen and oxygen atoms in total. The molecule has 0 saturated carbocycles. The van der Waals surface area contributed by atoms with Crippen molar-refractivity contribution in [2.75, 3.05) is 6.54 Å². The summed E-state index contributed by atoms with van der Waals surface area (Å²) in [6.07, 6.45) is 1.81. The minimum atomic E-state index is 0.413. The second kappa shape index (κ2) is 6.45. The molecule has 2 heterocycles. The predicted molar refractivity (Wildman–Crippen MR) is 74.0 cm³/mol. The largest absolute Gasteiger partial charge is 0.320 e. The Hall–Kier alpha value is -1.28. The Morgan fingerprint density at radius 3 is 3.00 bits per heavy atom. The normalized spacial score (nSPS) is 9.71. The molecule has 0 saturated heterocycles. The van der Waals surface area contributed by atoms with E-state index in [1.54, 1.807) is 23.1 Å². The molecule has 0 fully saturated rings. The summed E-state index contributed by atoms with van der Waals surface area (Å²) in [6, 6.07) is 10.1. The van der Waals surface area contributed by atoms with E-state index < -0.39 is 0 Å². The second-order valence-corrected chi connectivity index (χ2v) is 5.39. The molecular weight excluding hydrogens is 248 g/mol. The van der Waals surface area contributed by atoms with Crippen molar-refractivity contribution in [1.29, 1.82) is 0 Å². The molecule has 0 aliphatic carbocycles. The molecule has 0 aliphatic heterocycles. The van der Waals surface area contributed by atoms with Gasteiger partial charge in [-0.05, 0) is 24.3 Å².